The van der Waals surface area contributed by atoms with E-state index in [1.165, 1.54) is 11.8 Å². The lowest BCUT2D eigenvalue weighted by Crippen LogP contribution is -2.30. The Morgan fingerprint density at radius 3 is 2.14 bits per heavy atom. The van der Waals surface area contributed by atoms with Crippen LogP contribution in [0.15, 0.2) is 136 Å². The summed E-state index contributed by atoms with van der Waals surface area (Å²) < 4.78 is 5.09. The predicted molar refractivity (Wildman–Crippen MR) is 168 cm³/mol. The van der Waals surface area contributed by atoms with E-state index in [9.17, 15) is 14.4 Å². The van der Waals surface area contributed by atoms with Crippen LogP contribution >= 0.6 is 11.8 Å². The molecule has 1 unspecified atom stereocenters. The molecule has 3 N–H and O–H groups in total. The quantitative estimate of drug-likeness (QED) is 0.121. The molecule has 0 aliphatic heterocycles. The predicted octanol–water partition coefficient (Wildman–Crippen LogP) is 6.86. The van der Waals surface area contributed by atoms with Crippen LogP contribution in [0.1, 0.15) is 32.5 Å². The number of benzene rings is 4. The molecule has 1 aromatic heterocycles. The number of carbonyl (C=O) groups is 3. The molecule has 8 nitrogen and oxygen atoms in total. The molecule has 0 saturated carbocycles. The summed E-state index contributed by atoms with van der Waals surface area (Å²) in [4.78, 5) is 40.5. The monoisotopic (exact) mass is 588 g/mol. The SMILES string of the molecule is Cc1cc(NC(=O)C(Sc2cccc(NC(=O)/C(=C/c3ccccc3)NC(=O)c3ccccc3)c2)c2ccccc2)no1. The van der Waals surface area contributed by atoms with Crippen LogP contribution in [-0.4, -0.2) is 22.9 Å². The molecule has 0 aliphatic rings. The minimum atomic E-state index is -0.608. The highest BCUT2D eigenvalue weighted by Gasteiger charge is 2.23. The van der Waals surface area contributed by atoms with Gasteiger partial charge in [-0.15, -0.1) is 11.8 Å². The van der Waals surface area contributed by atoms with Crippen LogP contribution in [0.25, 0.3) is 6.08 Å². The number of hydrogen-bond acceptors (Lipinski definition) is 6. The second-order valence-corrected chi connectivity index (χ2v) is 10.7. The standard InChI is InChI=1S/C34H28N4O4S/c1-23-20-30(38-42-23)37-34(41)31(25-14-7-3-8-15-25)43-28-19-11-18-27(22-28)35-33(40)29(21-24-12-5-2-6-13-24)36-32(39)26-16-9-4-10-17-26/h2-22,31H,1H3,(H,35,40)(H,36,39)(H,37,38,41)/b29-21-. The second-order valence-electron chi connectivity index (χ2n) is 9.49. The van der Waals surface area contributed by atoms with Crippen molar-refractivity contribution >= 4 is 47.1 Å². The molecular weight excluding hydrogens is 560 g/mol. The third-order valence-electron chi connectivity index (χ3n) is 6.20. The average molecular weight is 589 g/mol. The molecule has 0 spiro atoms. The Labute approximate surface area is 253 Å². The first kappa shape index (κ1) is 29.1. The van der Waals surface area contributed by atoms with E-state index >= 15 is 0 Å². The van der Waals surface area contributed by atoms with E-state index in [1.807, 2.05) is 72.8 Å². The number of carbonyl (C=O) groups excluding carboxylic acids is 3. The summed E-state index contributed by atoms with van der Waals surface area (Å²) >= 11 is 1.33. The molecule has 1 heterocycles. The van der Waals surface area contributed by atoms with Crippen LogP contribution < -0.4 is 16.0 Å². The van der Waals surface area contributed by atoms with Gasteiger partial charge in [-0.25, -0.2) is 0 Å². The zero-order chi connectivity index (χ0) is 30.0. The maximum atomic E-state index is 13.5. The van der Waals surface area contributed by atoms with Crippen molar-refractivity contribution in [3.63, 3.8) is 0 Å². The van der Waals surface area contributed by atoms with Crippen molar-refractivity contribution in [2.45, 2.75) is 17.1 Å². The number of hydrogen-bond donors (Lipinski definition) is 3. The zero-order valence-corrected chi connectivity index (χ0v) is 24.0. The van der Waals surface area contributed by atoms with Crippen LogP contribution in [0, 0.1) is 6.92 Å². The Morgan fingerprint density at radius 2 is 1.47 bits per heavy atom. The molecule has 43 heavy (non-hydrogen) atoms. The van der Waals surface area contributed by atoms with E-state index in [0.29, 0.717) is 22.8 Å². The van der Waals surface area contributed by atoms with E-state index in [4.69, 9.17) is 4.52 Å². The van der Waals surface area contributed by atoms with E-state index in [-0.39, 0.29) is 11.6 Å². The highest BCUT2D eigenvalue weighted by Crippen LogP contribution is 2.37. The first-order chi connectivity index (χ1) is 20.9. The molecule has 0 bridgehead atoms. The number of nitrogens with one attached hydrogen (secondary N) is 3. The normalized spacial score (nSPS) is 11.8. The smallest absolute Gasteiger partial charge is 0.272 e. The van der Waals surface area contributed by atoms with Gasteiger partial charge < -0.3 is 20.5 Å². The van der Waals surface area contributed by atoms with Crippen LogP contribution in [0.4, 0.5) is 11.5 Å². The largest absolute Gasteiger partial charge is 0.360 e. The number of nitrogens with zero attached hydrogens (tertiary/aromatic N) is 1. The molecule has 0 radical (unpaired) electrons. The third kappa shape index (κ3) is 8.08. The van der Waals surface area contributed by atoms with Crippen molar-refractivity contribution < 1.29 is 18.9 Å². The lowest BCUT2D eigenvalue weighted by molar-refractivity contribution is -0.116. The highest BCUT2D eigenvalue weighted by atomic mass is 32.2. The first-order valence-corrected chi connectivity index (χ1v) is 14.3. The van der Waals surface area contributed by atoms with Crippen LogP contribution in [0.5, 0.6) is 0 Å². The summed E-state index contributed by atoms with van der Waals surface area (Å²) in [5.74, 6) is -0.241. The number of amides is 3. The van der Waals surface area contributed by atoms with Crippen molar-refractivity contribution in [3.8, 4) is 0 Å². The van der Waals surface area contributed by atoms with E-state index in [2.05, 4.69) is 21.1 Å². The molecule has 3 amide bonds. The zero-order valence-electron chi connectivity index (χ0n) is 23.2. The van der Waals surface area contributed by atoms with Gasteiger partial charge in [0.05, 0.1) is 0 Å². The topological polar surface area (TPSA) is 113 Å². The minimum Gasteiger partial charge on any atom is -0.360 e. The van der Waals surface area contributed by atoms with Crippen LogP contribution in [0.3, 0.4) is 0 Å². The second kappa shape index (κ2) is 14.0. The maximum absolute atomic E-state index is 13.5. The fraction of sp³-hybridized carbons (Fsp3) is 0.0588. The molecule has 4 aromatic carbocycles. The van der Waals surface area contributed by atoms with Gasteiger partial charge in [-0.2, -0.15) is 0 Å². The van der Waals surface area contributed by atoms with Gasteiger partial charge in [0.1, 0.15) is 16.7 Å². The average Bonchev–Trinajstić information content (AvgIpc) is 3.45. The summed E-state index contributed by atoms with van der Waals surface area (Å²) in [6, 6.07) is 36.2. The Morgan fingerprint density at radius 1 is 0.791 bits per heavy atom. The number of anilines is 2. The number of rotatable bonds is 10. The molecule has 9 heteroatoms. The lowest BCUT2D eigenvalue weighted by Gasteiger charge is -2.17. The number of aromatic nitrogens is 1. The third-order valence-corrected chi connectivity index (χ3v) is 7.45. The Bertz CT molecular complexity index is 1740. The molecule has 1 atom stereocenters. The van der Waals surface area contributed by atoms with Crippen molar-refractivity contribution in [1.29, 1.82) is 0 Å². The van der Waals surface area contributed by atoms with Gasteiger partial charge in [-0.3, -0.25) is 14.4 Å². The summed E-state index contributed by atoms with van der Waals surface area (Å²) in [7, 11) is 0. The Kier molecular flexibility index (Phi) is 9.46. The van der Waals surface area contributed by atoms with Gasteiger partial charge >= 0.3 is 0 Å². The van der Waals surface area contributed by atoms with E-state index in [1.54, 1.807) is 61.5 Å². The van der Waals surface area contributed by atoms with Crippen molar-refractivity contribution in [2.24, 2.45) is 0 Å². The number of aryl methyl sites for hydroxylation is 1. The van der Waals surface area contributed by atoms with Crippen LogP contribution in [-0.2, 0) is 9.59 Å². The maximum Gasteiger partial charge on any atom is 0.272 e. The summed E-state index contributed by atoms with van der Waals surface area (Å²) in [6.07, 6.45) is 1.62. The van der Waals surface area contributed by atoms with Crippen molar-refractivity contribution in [3.05, 3.63) is 149 Å². The fourth-order valence-electron chi connectivity index (χ4n) is 4.16. The van der Waals surface area contributed by atoms with Gasteiger partial charge in [-0.05, 0) is 54.5 Å². The Hall–Kier alpha value is -5.41. The van der Waals surface area contributed by atoms with E-state index in [0.717, 1.165) is 16.0 Å². The number of thioether (sulfide) groups is 1. The van der Waals surface area contributed by atoms with Crippen molar-refractivity contribution in [2.75, 3.05) is 10.6 Å². The molecule has 5 rings (SSSR count). The molecular formula is C34H28N4O4S. The van der Waals surface area contributed by atoms with Gasteiger partial charge in [0.25, 0.3) is 11.8 Å². The molecule has 214 valence electrons. The summed E-state index contributed by atoms with van der Waals surface area (Å²) in [6.45, 7) is 1.75. The minimum absolute atomic E-state index is 0.0857. The first-order valence-electron chi connectivity index (χ1n) is 13.4. The summed E-state index contributed by atoms with van der Waals surface area (Å²) in [5.41, 5.74) is 2.57. The van der Waals surface area contributed by atoms with Crippen LogP contribution in [0.2, 0.25) is 0 Å². The van der Waals surface area contributed by atoms with Gasteiger partial charge in [0.15, 0.2) is 5.82 Å². The molecule has 5 aromatic rings. The van der Waals surface area contributed by atoms with Gasteiger partial charge in [0.2, 0.25) is 5.91 Å². The molecule has 0 fully saturated rings. The Balaban J connectivity index is 1.36. The highest BCUT2D eigenvalue weighted by molar-refractivity contribution is 8.00. The van der Waals surface area contributed by atoms with E-state index < -0.39 is 17.1 Å². The van der Waals surface area contributed by atoms with Gasteiger partial charge in [-0.1, -0.05) is 90.1 Å². The van der Waals surface area contributed by atoms with Gasteiger partial charge in [0, 0.05) is 22.2 Å². The lowest BCUT2D eigenvalue weighted by atomic mass is 10.1. The van der Waals surface area contributed by atoms with Crippen molar-refractivity contribution in [1.82, 2.24) is 10.5 Å². The summed E-state index contributed by atoms with van der Waals surface area (Å²) in [5, 5.41) is 11.7. The fourth-order valence-corrected chi connectivity index (χ4v) is 5.24. The molecule has 0 saturated heterocycles. The molecule has 0 aliphatic carbocycles.